The smallest absolute Gasteiger partial charge is 0.315 e. The lowest BCUT2D eigenvalue weighted by molar-refractivity contribution is 0.0755. The van der Waals surface area contributed by atoms with E-state index in [0.717, 1.165) is 11.1 Å². The van der Waals surface area contributed by atoms with Crippen molar-refractivity contribution in [2.24, 2.45) is 0 Å². The molecule has 0 spiro atoms. The molecule has 0 aromatic heterocycles. The van der Waals surface area contributed by atoms with Crippen LogP contribution in [0, 0.1) is 6.92 Å². The first-order valence-corrected chi connectivity index (χ1v) is 8.80. The largest absolute Gasteiger partial charge is 0.339 e. The number of urea groups is 1. The number of nitrogens with one attached hydrogen (secondary N) is 2. The molecule has 0 radical (unpaired) electrons. The highest BCUT2D eigenvalue weighted by Crippen LogP contribution is 2.09. The van der Waals surface area contributed by atoms with Gasteiger partial charge in [-0.3, -0.25) is 4.79 Å². The van der Waals surface area contributed by atoms with E-state index in [-0.39, 0.29) is 18.0 Å². The van der Waals surface area contributed by atoms with Crippen molar-refractivity contribution < 1.29 is 9.59 Å². The maximum atomic E-state index is 12.3. The Morgan fingerprint density at radius 3 is 1.81 bits per heavy atom. The van der Waals surface area contributed by atoms with E-state index in [2.05, 4.69) is 10.6 Å². The summed E-state index contributed by atoms with van der Waals surface area (Å²) in [5.74, 6) is -0.00431. The van der Waals surface area contributed by atoms with Crippen molar-refractivity contribution >= 4 is 11.9 Å². The zero-order chi connectivity index (χ0) is 19.1. The van der Waals surface area contributed by atoms with Crippen LogP contribution in [0.25, 0.3) is 0 Å². The Labute approximate surface area is 155 Å². The van der Waals surface area contributed by atoms with Crippen LogP contribution in [0.1, 0.15) is 40.9 Å². The van der Waals surface area contributed by atoms with Crippen molar-refractivity contribution in [3.8, 4) is 0 Å². The molecule has 2 N–H and O–H groups in total. The molecule has 3 amide bonds. The third kappa shape index (κ3) is 5.62. The summed E-state index contributed by atoms with van der Waals surface area (Å²) in [4.78, 5) is 25.9. The Balaban J connectivity index is 1.80. The molecule has 0 unspecified atom stereocenters. The van der Waals surface area contributed by atoms with Crippen molar-refractivity contribution in [1.82, 2.24) is 15.5 Å². The summed E-state index contributed by atoms with van der Waals surface area (Å²) < 4.78 is 0. The van der Waals surface area contributed by atoms with Crippen molar-refractivity contribution in [1.29, 1.82) is 0 Å². The highest BCUT2D eigenvalue weighted by Gasteiger charge is 2.13. The molecule has 0 aliphatic rings. The number of amides is 3. The van der Waals surface area contributed by atoms with Crippen LogP contribution in [0.15, 0.2) is 48.5 Å². The Morgan fingerprint density at radius 1 is 0.885 bits per heavy atom. The molecule has 2 aromatic carbocycles. The molecule has 5 nitrogen and oxygen atoms in total. The van der Waals surface area contributed by atoms with Crippen LogP contribution in [-0.2, 0) is 13.1 Å². The first-order valence-electron chi connectivity index (χ1n) is 8.80. The van der Waals surface area contributed by atoms with E-state index >= 15 is 0 Å². The van der Waals surface area contributed by atoms with Crippen LogP contribution in [-0.4, -0.2) is 29.9 Å². The molecule has 0 saturated heterocycles. The zero-order valence-corrected chi connectivity index (χ0v) is 15.9. The normalized spacial score (nSPS) is 10.5. The topological polar surface area (TPSA) is 61.4 Å². The van der Waals surface area contributed by atoms with Gasteiger partial charge in [0.15, 0.2) is 0 Å². The minimum Gasteiger partial charge on any atom is -0.339 e. The maximum absolute atomic E-state index is 12.3. The number of carbonyl (C=O) groups excluding carboxylic acids is 2. The quantitative estimate of drug-likeness (QED) is 0.835. The number of benzene rings is 2. The fraction of sp³-hybridized carbons (Fsp3) is 0.333. The number of aryl methyl sites for hydroxylation is 1. The van der Waals surface area contributed by atoms with Gasteiger partial charge in [-0.1, -0.05) is 42.0 Å². The summed E-state index contributed by atoms with van der Waals surface area (Å²) in [6.07, 6.45) is 0. The van der Waals surface area contributed by atoms with Crippen LogP contribution in [0.2, 0.25) is 0 Å². The molecule has 0 aliphatic carbocycles. The van der Waals surface area contributed by atoms with E-state index in [1.165, 1.54) is 5.56 Å². The van der Waals surface area contributed by atoms with Gasteiger partial charge in [0.25, 0.3) is 5.91 Å². The van der Waals surface area contributed by atoms with Crippen LogP contribution in [0.3, 0.4) is 0 Å². The second kappa shape index (κ2) is 9.04. The van der Waals surface area contributed by atoms with Crippen LogP contribution >= 0.6 is 0 Å². The molecule has 5 heteroatoms. The molecule has 0 fully saturated rings. The third-order valence-corrected chi connectivity index (χ3v) is 4.32. The second-order valence-corrected chi connectivity index (χ2v) is 6.73. The lowest BCUT2D eigenvalue weighted by Gasteiger charge is -2.21. The average molecular weight is 353 g/mol. The molecule has 2 aromatic rings. The second-order valence-electron chi connectivity index (χ2n) is 6.73. The van der Waals surface area contributed by atoms with Gasteiger partial charge < -0.3 is 15.5 Å². The fourth-order valence-electron chi connectivity index (χ4n) is 2.34. The number of nitrogens with zero attached hydrogens (tertiary/aromatic N) is 1. The summed E-state index contributed by atoms with van der Waals surface area (Å²) >= 11 is 0. The van der Waals surface area contributed by atoms with E-state index in [1.807, 2.05) is 57.2 Å². The molecule has 0 heterocycles. The Bertz CT molecular complexity index is 737. The number of hydrogen-bond acceptors (Lipinski definition) is 2. The van der Waals surface area contributed by atoms with Gasteiger partial charge in [0, 0.05) is 31.7 Å². The minimum atomic E-state index is -0.217. The van der Waals surface area contributed by atoms with Crippen molar-refractivity contribution in [2.75, 3.05) is 7.05 Å². The average Bonchev–Trinajstić information content (AvgIpc) is 2.65. The maximum Gasteiger partial charge on any atom is 0.315 e. The van der Waals surface area contributed by atoms with E-state index < -0.39 is 0 Å². The minimum absolute atomic E-state index is 0.00431. The van der Waals surface area contributed by atoms with Gasteiger partial charge in [-0.15, -0.1) is 0 Å². The van der Waals surface area contributed by atoms with Gasteiger partial charge in [-0.2, -0.15) is 0 Å². The van der Waals surface area contributed by atoms with Crippen LogP contribution < -0.4 is 10.6 Å². The predicted molar refractivity (Wildman–Crippen MR) is 104 cm³/mol. The van der Waals surface area contributed by atoms with Crippen molar-refractivity contribution in [3.63, 3.8) is 0 Å². The van der Waals surface area contributed by atoms with Crippen LogP contribution in [0.5, 0.6) is 0 Å². The molecule has 0 atom stereocenters. The van der Waals surface area contributed by atoms with E-state index in [9.17, 15) is 9.59 Å². The molecular weight excluding hydrogens is 326 g/mol. The van der Waals surface area contributed by atoms with Gasteiger partial charge in [0.05, 0.1) is 0 Å². The van der Waals surface area contributed by atoms with E-state index in [1.54, 1.807) is 24.1 Å². The lowest BCUT2D eigenvalue weighted by atomic mass is 10.1. The van der Waals surface area contributed by atoms with Gasteiger partial charge in [0.1, 0.15) is 0 Å². The molecule has 138 valence electrons. The number of hydrogen-bond donors (Lipinski definition) is 2. The van der Waals surface area contributed by atoms with Crippen molar-refractivity contribution in [3.05, 3.63) is 70.8 Å². The molecule has 26 heavy (non-hydrogen) atoms. The summed E-state index contributed by atoms with van der Waals surface area (Å²) in [6, 6.07) is 15.3. The predicted octanol–water partition coefficient (Wildman–Crippen LogP) is 3.47. The molecule has 2 rings (SSSR count). The molecule has 0 saturated carbocycles. The first-order chi connectivity index (χ1) is 12.4. The summed E-state index contributed by atoms with van der Waals surface area (Å²) in [5.41, 5.74) is 3.84. The Morgan fingerprint density at radius 2 is 1.35 bits per heavy atom. The monoisotopic (exact) mass is 353 g/mol. The van der Waals surface area contributed by atoms with E-state index in [4.69, 9.17) is 0 Å². The molecule has 0 aliphatic heterocycles. The lowest BCUT2D eigenvalue weighted by Crippen LogP contribution is -2.34. The Hall–Kier alpha value is -2.82. The fourth-order valence-corrected chi connectivity index (χ4v) is 2.34. The summed E-state index contributed by atoms with van der Waals surface area (Å²) in [5, 5.41) is 5.66. The number of carbonyl (C=O) groups is 2. The van der Waals surface area contributed by atoms with Crippen LogP contribution in [0.4, 0.5) is 4.79 Å². The highest BCUT2D eigenvalue weighted by atomic mass is 16.2. The number of rotatable bonds is 6. The van der Waals surface area contributed by atoms with E-state index in [0.29, 0.717) is 18.7 Å². The van der Waals surface area contributed by atoms with Gasteiger partial charge in [-0.05, 0) is 44.0 Å². The molecule has 0 bridgehead atoms. The Kier molecular flexibility index (Phi) is 6.78. The zero-order valence-electron chi connectivity index (χ0n) is 15.9. The summed E-state index contributed by atoms with van der Waals surface area (Å²) in [7, 11) is 1.79. The van der Waals surface area contributed by atoms with Gasteiger partial charge in [-0.25, -0.2) is 4.79 Å². The first kappa shape index (κ1) is 19.5. The third-order valence-electron chi connectivity index (χ3n) is 4.32. The highest BCUT2D eigenvalue weighted by molar-refractivity contribution is 5.94. The van der Waals surface area contributed by atoms with Gasteiger partial charge in [0.2, 0.25) is 0 Å². The standard InChI is InChI=1S/C21H27N3O2/c1-15(2)24(4)20(25)19-11-9-18(10-12-19)14-23-21(26)22-13-17-7-5-16(3)6-8-17/h5-12,15H,13-14H2,1-4H3,(H2,22,23,26). The summed E-state index contributed by atoms with van der Waals surface area (Å²) in [6.45, 7) is 6.88. The van der Waals surface area contributed by atoms with Crippen molar-refractivity contribution in [2.45, 2.75) is 39.9 Å². The SMILES string of the molecule is Cc1ccc(CNC(=O)NCc2ccc(C(=O)N(C)C(C)C)cc2)cc1. The molecular formula is C21H27N3O2. The van der Waals surface area contributed by atoms with Gasteiger partial charge >= 0.3 is 6.03 Å².